The van der Waals surface area contributed by atoms with Gasteiger partial charge in [-0.05, 0) is 31.2 Å². The van der Waals surface area contributed by atoms with Gasteiger partial charge in [-0.3, -0.25) is 13.9 Å². The van der Waals surface area contributed by atoms with E-state index in [1.807, 2.05) is 42.8 Å². The van der Waals surface area contributed by atoms with Crippen molar-refractivity contribution in [3.63, 3.8) is 0 Å². The molecule has 2 unspecified atom stereocenters. The summed E-state index contributed by atoms with van der Waals surface area (Å²) in [5.41, 5.74) is 3.88. The Kier molecular flexibility index (Phi) is 4.17. The van der Waals surface area contributed by atoms with Crippen molar-refractivity contribution in [1.82, 2.24) is 24.5 Å². The molecule has 0 aliphatic carbocycles. The van der Waals surface area contributed by atoms with Gasteiger partial charge in [-0.2, -0.15) is 10.4 Å². The van der Waals surface area contributed by atoms with Gasteiger partial charge >= 0.3 is 0 Å². The monoisotopic (exact) mass is 400 g/mol. The summed E-state index contributed by atoms with van der Waals surface area (Å²) in [6, 6.07) is 9.72. The number of ether oxygens (including phenoxy) is 1. The van der Waals surface area contributed by atoms with Crippen molar-refractivity contribution in [3.8, 4) is 23.1 Å². The molecule has 5 rings (SSSR count). The van der Waals surface area contributed by atoms with Crippen LogP contribution in [0.1, 0.15) is 18.9 Å². The summed E-state index contributed by atoms with van der Waals surface area (Å²) >= 11 is 0. The average Bonchev–Trinajstić information content (AvgIpc) is 3.44. The van der Waals surface area contributed by atoms with E-state index < -0.39 is 0 Å². The number of fused-ring (bicyclic) bond motifs is 2. The molecular weight excluding hydrogens is 380 g/mol. The van der Waals surface area contributed by atoms with E-state index >= 15 is 0 Å². The highest BCUT2D eigenvalue weighted by atomic mass is 16.5. The van der Waals surface area contributed by atoms with Crippen molar-refractivity contribution in [2.24, 2.45) is 13.0 Å². The molecule has 1 aliphatic rings. The number of pyridine rings is 1. The topological polar surface area (TPSA) is 97.2 Å². The van der Waals surface area contributed by atoms with Gasteiger partial charge in [0.1, 0.15) is 23.6 Å². The second-order valence-corrected chi connectivity index (χ2v) is 7.70. The third kappa shape index (κ3) is 3.05. The van der Waals surface area contributed by atoms with Gasteiger partial charge in [-0.15, -0.1) is 0 Å². The lowest BCUT2D eigenvalue weighted by molar-refractivity contribution is -0.119. The van der Waals surface area contributed by atoms with E-state index in [2.05, 4.69) is 21.5 Å². The number of nitriles is 1. The summed E-state index contributed by atoms with van der Waals surface area (Å²) in [6.07, 6.45) is 5.84. The minimum atomic E-state index is -0.130. The number of hydrogen-bond donors (Lipinski definition) is 1. The number of hydrogen-bond acceptors (Lipinski definition) is 5. The lowest BCUT2D eigenvalue weighted by Crippen LogP contribution is -2.25. The SMILES string of the molecule is CC(Oc1cc(-c2cnc3ccc(C#N)cn23)cc2nn(C)cc12)C1CNC(=O)C1. The standard InChI is InChI=1S/C22H20N6O2/c1-13(16-7-22(29)25-9-16)30-20-6-15(5-18-17(20)12-27(2)26-18)19-10-24-21-4-3-14(8-23)11-28(19)21/h3-6,10-13,16H,7,9H2,1-2H3,(H,25,29). The second-order valence-electron chi connectivity index (χ2n) is 7.70. The van der Waals surface area contributed by atoms with Crippen molar-refractivity contribution in [2.75, 3.05) is 6.54 Å². The minimum Gasteiger partial charge on any atom is -0.490 e. The van der Waals surface area contributed by atoms with Crippen LogP contribution in [-0.2, 0) is 11.8 Å². The minimum absolute atomic E-state index is 0.0646. The molecule has 30 heavy (non-hydrogen) atoms. The van der Waals surface area contributed by atoms with E-state index in [1.54, 1.807) is 23.1 Å². The largest absolute Gasteiger partial charge is 0.490 e. The molecule has 1 aromatic carbocycles. The van der Waals surface area contributed by atoms with Gasteiger partial charge in [0.15, 0.2) is 0 Å². The molecule has 2 atom stereocenters. The Balaban J connectivity index is 1.60. The highest BCUT2D eigenvalue weighted by Crippen LogP contribution is 2.34. The van der Waals surface area contributed by atoms with Gasteiger partial charge in [0, 0.05) is 43.9 Å². The Bertz CT molecular complexity index is 1330. The van der Waals surface area contributed by atoms with Crippen LogP contribution in [0.4, 0.5) is 0 Å². The molecular formula is C22H20N6O2. The van der Waals surface area contributed by atoms with Crippen molar-refractivity contribution < 1.29 is 9.53 Å². The predicted molar refractivity (Wildman–Crippen MR) is 111 cm³/mol. The fourth-order valence-electron chi connectivity index (χ4n) is 3.97. The Labute approximate surface area is 172 Å². The Morgan fingerprint density at radius 1 is 1.33 bits per heavy atom. The molecule has 1 amide bonds. The molecule has 1 fully saturated rings. The molecule has 0 bridgehead atoms. The molecule has 0 radical (unpaired) electrons. The Morgan fingerprint density at radius 3 is 2.97 bits per heavy atom. The zero-order valence-electron chi connectivity index (χ0n) is 16.7. The number of nitrogens with zero attached hydrogens (tertiary/aromatic N) is 5. The predicted octanol–water partition coefficient (Wildman–Crippen LogP) is 2.66. The highest BCUT2D eigenvalue weighted by Gasteiger charge is 2.28. The third-order valence-corrected chi connectivity index (χ3v) is 5.62. The molecule has 1 N–H and O–H groups in total. The summed E-state index contributed by atoms with van der Waals surface area (Å²) in [6.45, 7) is 2.62. The zero-order valence-corrected chi connectivity index (χ0v) is 16.7. The third-order valence-electron chi connectivity index (χ3n) is 5.62. The van der Waals surface area contributed by atoms with Crippen molar-refractivity contribution >= 4 is 22.5 Å². The van der Waals surface area contributed by atoms with Crippen LogP contribution in [0.25, 0.3) is 27.8 Å². The number of nitrogens with one attached hydrogen (secondary N) is 1. The van der Waals surface area contributed by atoms with Crippen LogP contribution < -0.4 is 10.1 Å². The molecule has 8 heteroatoms. The van der Waals surface area contributed by atoms with Gasteiger partial charge in [0.25, 0.3) is 0 Å². The number of imidazole rings is 1. The number of carbonyl (C=O) groups excluding carboxylic acids is 1. The molecule has 3 aromatic heterocycles. The number of aryl methyl sites for hydroxylation is 1. The Hall–Kier alpha value is -3.86. The maximum absolute atomic E-state index is 11.6. The van der Waals surface area contributed by atoms with E-state index in [1.165, 1.54) is 0 Å². The van der Waals surface area contributed by atoms with Crippen LogP contribution in [-0.4, -0.2) is 37.7 Å². The van der Waals surface area contributed by atoms with Gasteiger partial charge in [-0.25, -0.2) is 4.98 Å². The summed E-state index contributed by atoms with van der Waals surface area (Å²) in [7, 11) is 1.87. The Morgan fingerprint density at radius 2 is 2.20 bits per heavy atom. The quantitative estimate of drug-likeness (QED) is 0.568. The van der Waals surface area contributed by atoms with Crippen LogP contribution in [0, 0.1) is 17.2 Å². The van der Waals surface area contributed by atoms with Crippen molar-refractivity contribution in [1.29, 1.82) is 5.26 Å². The maximum Gasteiger partial charge on any atom is 0.220 e. The fraction of sp³-hybridized carbons (Fsp3) is 0.273. The molecule has 4 aromatic rings. The maximum atomic E-state index is 11.6. The molecule has 0 spiro atoms. The van der Waals surface area contributed by atoms with Gasteiger partial charge < -0.3 is 10.1 Å². The van der Waals surface area contributed by atoms with Crippen LogP contribution in [0.2, 0.25) is 0 Å². The summed E-state index contributed by atoms with van der Waals surface area (Å²) in [4.78, 5) is 16.1. The smallest absolute Gasteiger partial charge is 0.220 e. The normalized spacial score (nSPS) is 17.2. The first-order valence-corrected chi connectivity index (χ1v) is 9.80. The number of amides is 1. The highest BCUT2D eigenvalue weighted by molar-refractivity contribution is 5.89. The van der Waals surface area contributed by atoms with E-state index in [0.717, 1.165) is 27.8 Å². The van der Waals surface area contributed by atoms with Gasteiger partial charge in [0.05, 0.1) is 28.4 Å². The zero-order chi connectivity index (χ0) is 20.8. The molecule has 0 saturated carbocycles. The van der Waals surface area contributed by atoms with E-state index in [4.69, 9.17) is 4.74 Å². The molecule has 1 aliphatic heterocycles. The number of carbonyl (C=O) groups is 1. The van der Waals surface area contributed by atoms with Gasteiger partial charge in [-0.1, -0.05) is 0 Å². The van der Waals surface area contributed by atoms with Crippen LogP contribution in [0.15, 0.2) is 42.9 Å². The van der Waals surface area contributed by atoms with E-state index in [0.29, 0.717) is 24.3 Å². The lowest BCUT2D eigenvalue weighted by Gasteiger charge is -2.20. The summed E-state index contributed by atoms with van der Waals surface area (Å²) < 4.78 is 10.00. The van der Waals surface area contributed by atoms with Crippen LogP contribution >= 0.6 is 0 Å². The molecule has 4 heterocycles. The van der Waals surface area contributed by atoms with E-state index in [-0.39, 0.29) is 17.9 Å². The fourth-order valence-corrected chi connectivity index (χ4v) is 3.97. The number of aromatic nitrogens is 4. The van der Waals surface area contributed by atoms with Crippen LogP contribution in [0.3, 0.4) is 0 Å². The number of benzene rings is 1. The lowest BCUT2D eigenvalue weighted by atomic mass is 10.0. The summed E-state index contributed by atoms with van der Waals surface area (Å²) in [5.74, 6) is 0.908. The molecule has 1 saturated heterocycles. The van der Waals surface area contributed by atoms with E-state index in [9.17, 15) is 10.1 Å². The first-order valence-electron chi connectivity index (χ1n) is 9.80. The first kappa shape index (κ1) is 18.2. The summed E-state index contributed by atoms with van der Waals surface area (Å²) in [5, 5.41) is 17.6. The van der Waals surface area contributed by atoms with Crippen molar-refractivity contribution in [2.45, 2.75) is 19.4 Å². The molecule has 150 valence electrons. The number of rotatable bonds is 4. The average molecular weight is 400 g/mol. The van der Waals surface area contributed by atoms with Gasteiger partial charge in [0.2, 0.25) is 5.91 Å². The van der Waals surface area contributed by atoms with Crippen molar-refractivity contribution in [3.05, 3.63) is 48.4 Å². The molecule has 8 nitrogen and oxygen atoms in total. The second kappa shape index (κ2) is 6.88. The first-order chi connectivity index (χ1) is 14.5. The van der Waals surface area contributed by atoms with Crippen LogP contribution in [0.5, 0.6) is 5.75 Å².